The van der Waals surface area contributed by atoms with E-state index in [0.29, 0.717) is 17.5 Å². The van der Waals surface area contributed by atoms with Crippen LogP contribution >= 0.6 is 0 Å². The molecule has 0 bridgehead atoms. The first-order chi connectivity index (χ1) is 11.2. The van der Waals surface area contributed by atoms with E-state index in [1.165, 1.54) is 6.92 Å². The molecule has 4 heteroatoms. The van der Waals surface area contributed by atoms with E-state index < -0.39 is 5.83 Å². The van der Waals surface area contributed by atoms with Gasteiger partial charge in [0.2, 0.25) is 0 Å². The summed E-state index contributed by atoms with van der Waals surface area (Å²) in [4.78, 5) is 3.97. The molecule has 23 heavy (non-hydrogen) atoms. The average Bonchev–Trinajstić information content (AvgIpc) is 2.61. The zero-order chi connectivity index (χ0) is 16.7. The Bertz CT molecular complexity index is 796. The quantitative estimate of drug-likeness (QED) is 0.561. The number of nitrogens with zero attached hydrogens (tertiary/aromatic N) is 2. The van der Waals surface area contributed by atoms with Crippen LogP contribution in [0.25, 0.3) is 16.7 Å². The smallest absolute Gasteiger partial charge is 0.137 e. The van der Waals surface area contributed by atoms with E-state index >= 15 is 0 Å². The Hall–Kier alpha value is -3.06. The fourth-order valence-corrected chi connectivity index (χ4v) is 1.99. The molecule has 2 rings (SSSR count). The van der Waals surface area contributed by atoms with Crippen molar-refractivity contribution >= 4 is 5.57 Å². The van der Waals surface area contributed by atoms with Crippen LogP contribution in [0.2, 0.25) is 0 Å². The van der Waals surface area contributed by atoms with E-state index in [2.05, 4.69) is 4.98 Å². The second-order valence-corrected chi connectivity index (χ2v) is 4.79. The SMILES string of the molecule is C\C(C#N)=C(F)/C=C(\C=C\F)c1ccc(-c2ccncc2)cc1. The molecule has 1 aromatic carbocycles. The molecule has 0 fully saturated rings. The molecule has 0 amide bonds. The maximum atomic E-state index is 13.8. The Kier molecular flexibility index (Phi) is 5.54. The first-order valence-corrected chi connectivity index (χ1v) is 6.91. The molecule has 0 unspecified atom stereocenters. The Morgan fingerprint density at radius 2 is 1.70 bits per heavy atom. The first-order valence-electron chi connectivity index (χ1n) is 6.91. The van der Waals surface area contributed by atoms with Gasteiger partial charge in [0, 0.05) is 12.4 Å². The summed E-state index contributed by atoms with van der Waals surface area (Å²) in [6.07, 6.45) is 6.05. The number of hydrogen-bond donors (Lipinski definition) is 0. The van der Waals surface area contributed by atoms with Crippen LogP contribution in [0.15, 0.2) is 78.7 Å². The Morgan fingerprint density at radius 1 is 1.09 bits per heavy atom. The molecule has 2 aromatic rings. The van der Waals surface area contributed by atoms with Crippen molar-refractivity contribution in [3.63, 3.8) is 0 Å². The van der Waals surface area contributed by atoms with Gasteiger partial charge in [0.1, 0.15) is 5.83 Å². The monoisotopic (exact) mass is 308 g/mol. The van der Waals surface area contributed by atoms with Gasteiger partial charge in [-0.3, -0.25) is 4.98 Å². The fraction of sp³-hybridized carbons (Fsp3) is 0.0526. The van der Waals surface area contributed by atoms with Gasteiger partial charge in [-0.2, -0.15) is 5.26 Å². The van der Waals surface area contributed by atoms with Crippen molar-refractivity contribution in [2.75, 3.05) is 0 Å². The summed E-state index contributed by atoms with van der Waals surface area (Å²) in [5.41, 5.74) is 2.93. The van der Waals surface area contributed by atoms with E-state index in [9.17, 15) is 8.78 Å². The number of rotatable bonds is 4. The normalized spacial score (nSPS) is 12.9. The molecule has 0 aliphatic heterocycles. The summed E-state index contributed by atoms with van der Waals surface area (Å²) >= 11 is 0. The van der Waals surface area contributed by atoms with Crippen molar-refractivity contribution in [3.05, 3.63) is 84.2 Å². The van der Waals surface area contributed by atoms with Gasteiger partial charge in [0.15, 0.2) is 0 Å². The minimum atomic E-state index is -0.682. The molecule has 1 heterocycles. The van der Waals surface area contributed by atoms with Gasteiger partial charge < -0.3 is 0 Å². The van der Waals surface area contributed by atoms with Crippen LogP contribution < -0.4 is 0 Å². The number of pyridine rings is 1. The standard InChI is InChI=1S/C19H14F2N2/c1-14(13-22)19(21)12-18(6-9-20)16-4-2-15(3-5-16)17-7-10-23-11-8-17/h2-12H,1H3/b9-6+,18-12+,19-14-. The highest BCUT2D eigenvalue weighted by atomic mass is 19.1. The lowest BCUT2D eigenvalue weighted by Crippen LogP contribution is -1.85. The molecule has 0 aliphatic rings. The number of allylic oxidation sites excluding steroid dienone is 5. The minimum Gasteiger partial charge on any atom is -0.265 e. The van der Waals surface area contributed by atoms with Gasteiger partial charge in [-0.25, -0.2) is 8.78 Å². The first kappa shape index (κ1) is 16.3. The van der Waals surface area contributed by atoms with E-state index in [4.69, 9.17) is 5.26 Å². The van der Waals surface area contributed by atoms with Crippen molar-refractivity contribution in [2.24, 2.45) is 0 Å². The molecular weight excluding hydrogens is 294 g/mol. The molecule has 0 radical (unpaired) electrons. The summed E-state index contributed by atoms with van der Waals surface area (Å²) in [6, 6.07) is 12.8. The summed E-state index contributed by atoms with van der Waals surface area (Å²) < 4.78 is 26.4. The zero-order valence-corrected chi connectivity index (χ0v) is 12.5. The second-order valence-electron chi connectivity index (χ2n) is 4.79. The number of benzene rings is 1. The largest absolute Gasteiger partial charge is 0.265 e. The predicted octanol–water partition coefficient (Wildman–Crippen LogP) is 5.38. The van der Waals surface area contributed by atoms with Crippen molar-refractivity contribution < 1.29 is 8.78 Å². The third-order valence-electron chi connectivity index (χ3n) is 3.28. The van der Waals surface area contributed by atoms with Crippen molar-refractivity contribution in [1.29, 1.82) is 5.26 Å². The van der Waals surface area contributed by atoms with E-state index in [1.807, 2.05) is 24.3 Å². The van der Waals surface area contributed by atoms with Gasteiger partial charge >= 0.3 is 0 Å². The molecule has 0 atom stereocenters. The van der Waals surface area contributed by atoms with E-state index in [1.54, 1.807) is 30.6 Å². The lowest BCUT2D eigenvalue weighted by Gasteiger charge is -2.05. The van der Waals surface area contributed by atoms with Gasteiger partial charge in [0.05, 0.1) is 18.0 Å². The summed E-state index contributed by atoms with van der Waals surface area (Å²) in [5.74, 6) is -0.682. The van der Waals surface area contributed by atoms with Gasteiger partial charge in [-0.15, -0.1) is 0 Å². The molecule has 0 saturated heterocycles. The topological polar surface area (TPSA) is 36.7 Å². The van der Waals surface area contributed by atoms with Gasteiger partial charge in [-0.1, -0.05) is 24.3 Å². The lowest BCUT2D eigenvalue weighted by molar-refractivity contribution is 0.659. The van der Waals surface area contributed by atoms with E-state index in [0.717, 1.165) is 23.3 Å². The highest BCUT2D eigenvalue weighted by molar-refractivity contribution is 5.77. The minimum absolute atomic E-state index is 0.0526. The van der Waals surface area contributed by atoms with Gasteiger partial charge in [0.25, 0.3) is 0 Å². The maximum Gasteiger partial charge on any atom is 0.137 e. The van der Waals surface area contributed by atoms with E-state index in [-0.39, 0.29) is 5.57 Å². The summed E-state index contributed by atoms with van der Waals surface area (Å²) in [5, 5.41) is 8.71. The fourth-order valence-electron chi connectivity index (χ4n) is 1.99. The van der Waals surface area contributed by atoms with Crippen LogP contribution in [0.3, 0.4) is 0 Å². The van der Waals surface area contributed by atoms with Crippen LogP contribution in [0.4, 0.5) is 8.78 Å². The summed E-state index contributed by atoms with van der Waals surface area (Å²) in [7, 11) is 0. The molecule has 0 N–H and O–H groups in total. The third kappa shape index (κ3) is 4.21. The Balaban J connectivity index is 2.39. The van der Waals surface area contributed by atoms with Crippen molar-refractivity contribution in [1.82, 2.24) is 4.98 Å². The molecule has 0 saturated carbocycles. The second kappa shape index (κ2) is 7.81. The number of aromatic nitrogens is 1. The Labute approximate surface area is 133 Å². The van der Waals surface area contributed by atoms with Crippen molar-refractivity contribution in [3.8, 4) is 17.2 Å². The summed E-state index contributed by atoms with van der Waals surface area (Å²) in [6.45, 7) is 1.37. The number of halogens is 2. The maximum absolute atomic E-state index is 13.8. The predicted molar refractivity (Wildman–Crippen MR) is 87.3 cm³/mol. The third-order valence-corrected chi connectivity index (χ3v) is 3.28. The average molecular weight is 308 g/mol. The molecule has 2 nitrogen and oxygen atoms in total. The zero-order valence-electron chi connectivity index (χ0n) is 12.5. The molecule has 1 aromatic heterocycles. The number of nitriles is 1. The highest BCUT2D eigenvalue weighted by Gasteiger charge is 2.04. The molecule has 114 valence electrons. The lowest BCUT2D eigenvalue weighted by atomic mass is 10.00. The van der Waals surface area contributed by atoms with Gasteiger partial charge in [-0.05, 0) is 53.5 Å². The van der Waals surface area contributed by atoms with Crippen LogP contribution in [0, 0.1) is 11.3 Å². The van der Waals surface area contributed by atoms with Crippen molar-refractivity contribution in [2.45, 2.75) is 6.92 Å². The molecule has 0 spiro atoms. The molecule has 0 aliphatic carbocycles. The van der Waals surface area contributed by atoms with Crippen LogP contribution in [-0.4, -0.2) is 4.98 Å². The number of hydrogen-bond acceptors (Lipinski definition) is 2. The Morgan fingerprint density at radius 3 is 2.26 bits per heavy atom. The molecular formula is C19H14F2N2. The highest BCUT2D eigenvalue weighted by Crippen LogP contribution is 2.24. The van der Waals surface area contributed by atoms with Crippen LogP contribution in [0.5, 0.6) is 0 Å². The van der Waals surface area contributed by atoms with Crippen LogP contribution in [-0.2, 0) is 0 Å². The van der Waals surface area contributed by atoms with Crippen LogP contribution in [0.1, 0.15) is 12.5 Å².